The molecule has 0 aliphatic heterocycles. The molecule has 0 unspecified atom stereocenters. The quantitative estimate of drug-likeness (QED) is 0.888. The number of hydrogen-bond acceptors (Lipinski definition) is 3. The second-order valence-corrected chi connectivity index (χ2v) is 5.93. The Balaban J connectivity index is 2.27. The predicted molar refractivity (Wildman–Crippen MR) is 86.7 cm³/mol. The molecular formula is C17H21N3O3. The minimum absolute atomic E-state index is 0.197. The van der Waals surface area contributed by atoms with Gasteiger partial charge in [0, 0.05) is 24.5 Å². The molecule has 0 saturated carbocycles. The Kier molecular flexibility index (Phi) is 5.16. The number of nitrogens with zero attached hydrogens (tertiary/aromatic N) is 3. The normalized spacial score (nSPS) is 10.8. The average Bonchev–Trinajstić information content (AvgIpc) is 2.98. The maximum absolute atomic E-state index is 12.6. The van der Waals surface area contributed by atoms with Gasteiger partial charge in [0.25, 0.3) is 5.91 Å². The van der Waals surface area contributed by atoms with Crippen molar-refractivity contribution < 1.29 is 14.7 Å². The van der Waals surface area contributed by atoms with Gasteiger partial charge in [0.05, 0.1) is 5.69 Å². The molecule has 1 heterocycles. The fourth-order valence-corrected chi connectivity index (χ4v) is 2.46. The number of rotatable bonds is 6. The first-order valence-electron chi connectivity index (χ1n) is 7.50. The minimum atomic E-state index is -1.01. The zero-order chi connectivity index (χ0) is 17.0. The Morgan fingerprint density at radius 2 is 2.09 bits per heavy atom. The Hall–Kier alpha value is -2.63. The first-order chi connectivity index (χ1) is 10.9. The summed E-state index contributed by atoms with van der Waals surface area (Å²) in [5, 5.41) is 13.2. The molecule has 1 N–H and O–H groups in total. The maximum Gasteiger partial charge on any atom is 0.323 e. The van der Waals surface area contributed by atoms with E-state index in [0.29, 0.717) is 12.1 Å². The van der Waals surface area contributed by atoms with Crippen molar-refractivity contribution in [3.8, 4) is 5.69 Å². The molecule has 1 aromatic carbocycles. The number of aryl methyl sites for hydroxylation is 1. The molecule has 23 heavy (non-hydrogen) atoms. The molecule has 1 aromatic heterocycles. The largest absolute Gasteiger partial charge is 0.480 e. The van der Waals surface area contributed by atoms with E-state index >= 15 is 0 Å². The summed E-state index contributed by atoms with van der Waals surface area (Å²) >= 11 is 0. The highest BCUT2D eigenvalue weighted by Crippen LogP contribution is 2.17. The first-order valence-corrected chi connectivity index (χ1v) is 7.50. The van der Waals surface area contributed by atoms with Gasteiger partial charge in [-0.25, -0.2) is 4.68 Å². The van der Waals surface area contributed by atoms with Crippen molar-refractivity contribution in [2.24, 2.45) is 5.92 Å². The summed E-state index contributed by atoms with van der Waals surface area (Å²) in [6.07, 6.45) is 3.52. The summed E-state index contributed by atoms with van der Waals surface area (Å²) in [5.74, 6) is -1.08. The van der Waals surface area contributed by atoms with Crippen molar-refractivity contribution >= 4 is 11.9 Å². The van der Waals surface area contributed by atoms with E-state index in [0.717, 1.165) is 11.3 Å². The van der Waals surface area contributed by atoms with Crippen molar-refractivity contribution in [3.05, 3.63) is 47.8 Å². The second kappa shape index (κ2) is 7.09. The van der Waals surface area contributed by atoms with Crippen molar-refractivity contribution in [3.63, 3.8) is 0 Å². The number of aromatic nitrogens is 2. The summed E-state index contributed by atoms with van der Waals surface area (Å²) in [5.41, 5.74) is 2.28. The number of hydrogen-bond donors (Lipinski definition) is 1. The predicted octanol–water partition coefficient (Wildman–Crippen LogP) is 2.36. The van der Waals surface area contributed by atoms with Crippen LogP contribution in [-0.4, -0.2) is 44.8 Å². The van der Waals surface area contributed by atoms with Crippen LogP contribution in [0.5, 0.6) is 0 Å². The fourth-order valence-electron chi connectivity index (χ4n) is 2.46. The van der Waals surface area contributed by atoms with Crippen LogP contribution >= 0.6 is 0 Å². The summed E-state index contributed by atoms with van der Waals surface area (Å²) < 4.78 is 1.73. The van der Waals surface area contributed by atoms with E-state index in [-0.39, 0.29) is 18.4 Å². The lowest BCUT2D eigenvalue weighted by Crippen LogP contribution is -2.38. The Morgan fingerprint density at radius 1 is 1.35 bits per heavy atom. The molecule has 0 saturated heterocycles. The van der Waals surface area contributed by atoms with Gasteiger partial charge in [-0.2, -0.15) is 5.10 Å². The van der Waals surface area contributed by atoms with Gasteiger partial charge in [-0.15, -0.1) is 0 Å². The highest BCUT2D eigenvalue weighted by molar-refractivity contribution is 5.96. The van der Waals surface area contributed by atoms with E-state index in [1.807, 2.05) is 39.1 Å². The minimum Gasteiger partial charge on any atom is -0.480 e. The average molecular weight is 315 g/mol. The third-order valence-electron chi connectivity index (χ3n) is 3.39. The van der Waals surface area contributed by atoms with Crippen molar-refractivity contribution in [2.75, 3.05) is 13.1 Å². The number of carboxylic acid groups (broad SMARTS) is 1. The summed E-state index contributed by atoms with van der Waals surface area (Å²) in [7, 11) is 0. The number of amides is 1. The standard InChI is InChI=1S/C17H21N3O3/c1-12(2)10-19(11-16(21)22)17(23)14-5-6-15(13(3)9-14)20-8-4-7-18-20/h4-9,12H,10-11H2,1-3H3,(H,21,22). The highest BCUT2D eigenvalue weighted by atomic mass is 16.4. The molecule has 6 heteroatoms. The van der Waals surface area contributed by atoms with Crippen LogP contribution < -0.4 is 0 Å². The van der Waals surface area contributed by atoms with E-state index in [9.17, 15) is 9.59 Å². The number of carbonyl (C=O) groups is 2. The highest BCUT2D eigenvalue weighted by Gasteiger charge is 2.20. The summed E-state index contributed by atoms with van der Waals surface area (Å²) in [6, 6.07) is 7.13. The zero-order valence-corrected chi connectivity index (χ0v) is 13.6. The Bertz CT molecular complexity index is 693. The number of benzene rings is 1. The number of carbonyl (C=O) groups excluding carboxylic acids is 1. The van der Waals surface area contributed by atoms with Crippen molar-refractivity contribution in [1.29, 1.82) is 0 Å². The van der Waals surface area contributed by atoms with Gasteiger partial charge >= 0.3 is 5.97 Å². The molecule has 0 spiro atoms. The number of aliphatic carboxylic acids is 1. The molecule has 6 nitrogen and oxygen atoms in total. The van der Waals surface area contributed by atoms with E-state index in [2.05, 4.69) is 5.10 Å². The van der Waals surface area contributed by atoms with Crippen LogP contribution in [0.15, 0.2) is 36.7 Å². The maximum atomic E-state index is 12.6. The lowest BCUT2D eigenvalue weighted by molar-refractivity contribution is -0.137. The van der Waals surface area contributed by atoms with Crippen LogP contribution in [-0.2, 0) is 4.79 Å². The molecule has 0 atom stereocenters. The summed E-state index contributed by atoms with van der Waals surface area (Å²) in [4.78, 5) is 25.0. The SMILES string of the molecule is Cc1cc(C(=O)N(CC(=O)O)CC(C)C)ccc1-n1cccn1. The smallest absolute Gasteiger partial charge is 0.323 e. The van der Waals surface area contributed by atoms with Gasteiger partial charge in [0.1, 0.15) is 6.54 Å². The van der Waals surface area contributed by atoms with Gasteiger partial charge in [0.2, 0.25) is 0 Å². The van der Waals surface area contributed by atoms with Crippen LogP contribution in [0.1, 0.15) is 29.8 Å². The van der Waals surface area contributed by atoms with Crippen LogP contribution in [0.2, 0.25) is 0 Å². The van der Waals surface area contributed by atoms with Gasteiger partial charge in [-0.1, -0.05) is 13.8 Å². The third-order valence-corrected chi connectivity index (χ3v) is 3.39. The van der Waals surface area contributed by atoms with Crippen LogP contribution in [0.4, 0.5) is 0 Å². The Morgan fingerprint density at radius 3 is 2.61 bits per heavy atom. The topological polar surface area (TPSA) is 75.4 Å². The van der Waals surface area contributed by atoms with Gasteiger partial charge in [0.15, 0.2) is 0 Å². The first kappa shape index (κ1) is 16.7. The lowest BCUT2D eigenvalue weighted by atomic mass is 10.1. The van der Waals surface area contributed by atoms with Gasteiger partial charge < -0.3 is 10.0 Å². The van der Waals surface area contributed by atoms with Crippen LogP contribution in [0, 0.1) is 12.8 Å². The molecule has 0 fully saturated rings. The molecule has 2 aromatic rings. The molecular weight excluding hydrogens is 294 g/mol. The third kappa shape index (κ3) is 4.18. The van der Waals surface area contributed by atoms with E-state index < -0.39 is 5.97 Å². The van der Waals surface area contributed by atoms with Gasteiger partial charge in [-0.3, -0.25) is 9.59 Å². The molecule has 0 aliphatic carbocycles. The Labute approximate surface area is 135 Å². The lowest BCUT2D eigenvalue weighted by Gasteiger charge is -2.23. The van der Waals surface area contributed by atoms with E-state index in [1.165, 1.54) is 4.90 Å². The fraction of sp³-hybridized carbons (Fsp3) is 0.353. The van der Waals surface area contributed by atoms with Gasteiger partial charge in [-0.05, 0) is 42.7 Å². The number of carboxylic acids is 1. The molecule has 0 bridgehead atoms. The van der Waals surface area contributed by atoms with Crippen LogP contribution in [0.3, 0.4) is 0 Å². The summed E-state index contributed by atoms with van der Waals surface area (Å²) in [6.45, 7) is 5.92. The second-order valence-electron chi connectivity index (χ2n) is 5.93. The molecule has 2 rings (SSSR count). The molecule has 1 amide bonds. The van der Waals surface area contributed by atoms with Crippen molar-refractivity contribution in [2.45, 2.75) is 20.8 Å². The van der Waals surface area contributed by atoms with Crippen molar-refractivity contribution in [1.82, 2.24) is 14.7 Å². The van der Waals surface area contributed by atoms with E-state index in [1.54, 1.807) is 23.0 Å². The molecule has 0 radical (unpaired) electrons. The van der Waals surface area contributed by atoms with E-state index in [4.69, 9.17) is 5.11 Å². The monoisotopic (exact) mass is 315 g/mol. The molecule has 122 valence electrons. The zero-order valence-electron chi connectivity index (χ0n) is 13.6. The van der Waals surface area contributed by atoms with Crippen LogP contribution in [0.25, 0.3) is 5.69 Å². The molecule has 0 aliphatic rings.